The highest BCUT2D eigenvalue weighted by molar-refractivity contribution is 5.79. The standard InChI is InChI=1S/C12H22N2O2/c1-13-12(11(15)16)6-5-10(7-12)14(2)8-9-3-4-9/h9-10,13H,3-8H2,1-2H3,(H,15,16). The Morgan fingerprint density at radius 3 is 2.62 bits per heavy atom. The summed E-state index contributed by atoms with van der Waals surface area (Å²) in [6.07, 6.45) is 5.19. The minimum absolute atomic E-state index is 0.434. The van der Waals surface area contributed by atoms with E-state index in [1.807, 2.05) is 0 Å². The van der Waals surface area contributed by atoms with Gasteiger partial charge >= 0.3 is 5.97 Å². The van der Waals surface area contributed by atoms with Gasteiger partial charge < -0.3 is 15.3 Å². The quantitative estimate of drug-likeness (QED) is 0.732. The van der Waals surface area contributed by atoms with Crippen molar-refractivity contribution in [2.24, 2.45) is 5.92 Å². The molecule has 92 valence electrons. The van der Waals surface area contributed by atoms with Crippen LogP contribution in [0.15, 0.2) is 0 Å². The molecule has 0 radical (unpaired) electrons. The van der Waals surface area contributed by atoms with E-state index in [4.69, 9.17) is 0 Å². The zero-order valence-corrected chi connectivity index (χ0v) is 10.2. The summed E-state index contributed by atoms with van der Waals surface area (Å²) in [4.78, 5) is 13.6. The molecule has 2 fully saturated rings. The molecule has 0 amide bonds. The molecule has 0 saturated heterocycles. The smallest absolute Gasteiger partial charge is 0.323 e. The van der Waals surface area contributed by atoms with Crippen molar-refractivity contribution in [3.05, 3.63) is 0 Å². The van der Waals surface area contributed by atoms with Crippen molar-refractivity contribution in [3.8, 4) is 0 Å². The van der Waals surface area contributed by atoms with E-state index in [9.17, 15) is 9.90 Å². The Morgan fingerprint density at radius 2 is 2.19 bits per heavy atom. The van der Waals surface area contributed by atoms with Crippen LogP contribution >= 0.6 is 0 Å². The van der Waals surface area contributed by atoms with Crippen molar-refractivity contribution < 1.29 is 9.90 Å². The number of hydrogen-bond donors (Lipinski definition) is 2. The molecule has 2 aliphatic carbocycles. The molecule has 2 unspecified atom stereocenters. The first-order valence-electron chi connectivity index (χ1n) is 6.20. The average Bonchev–Trinajstić information content (AvgIpc) is 2.95. The van der Waals surface area contributed by atoms with E-state index in [1.165, 1.54) is 12.8 Å². The molecule has 4 heteroatoms. The summed E-state index contributed by atoms with van der Waals surface area (Å²) in [7, 11) is 3.90. The molecule has 4 nitrogen and oxygen atoms in total. The van der Waals surface area contributed by atoms with E-state index in [0.717, 1.165) is 31.7 Å². The molecule has 2 N–H and O–H groups in total. The summed E-state index contributed by atoms with van der Waals surface area (Å²) < 4.78 is 0. The van der Waals surface area contributed by atoms with Crippen LogP contribution in [0.5, 0.6) is 0 Å². The first-order chi connectivity index (χ1) is 7.57. The average molecular weight is 226 g/mol. The van der Waals surface area contributed by atoms with Gasteiger partial charge in [-0.1, -0.05) is 0 Å². The highest BCUT2D eigenvalue weighted by atomic mass is 16.4. The first kappa shape index (κ1) is 11.9. The molecule has 2 rings (SSSR count). The minimum atomic E-state index is -0.697. The van der Waals surface area contributed by atoms with E-state index in [-0.39, 0.29) is 0 Å². The zero-order chi connectivity index (χ0) is 11.8. The highest BCUT2D eigenvalue weighted by Gasteiger charge is 2.45. The van der Waals surface area contributed by atoms with Crippen LogP contribution in [-0.2, 0) is 4.79 Å². The fourth-order valence-corrected chi connectivity index (χ4v) is 2.78. The number of carbonyl (C=O) groups is 1. The Bertz CT molecular complexity index is 278. The largest absolute Gasteiger partial charge is 0.480 e. The van der Waals surface area contributed by atoms with Gasteiger partial charge in [0.1, 0.15) is 5.54 Å². The van der Waals surface area contributed by atoms with Gasteiger partial charge in [0.15, 0.2) is 0 Å². The maximum atomic E-state index is 11.3. The molecule has 0 aromatic carbocycles. The lowest BCUT2D eigenvalue weighted by Gasteiger charge is -2.27. The van der Waals surface area contributed by atoms with Crippen LogP contribution in [0.4, 0.5) is 0 Å². The summed E-state index contributed by atoms with van der Waals surface area (Å²) in [5.74, 6) is 0.178. The molecule has 0 aliphatic heterocycles. The van der Waals surface area contributed by atoms with Crippen LogP contribution in [0, 0.1) is 5.92 Å². The minimum Gasteiger partial charge on any atom is -0.480 e. The molecular weight excluding hydrogens is 204 g/mol. The van der Waals surface area contributed by atoms with Crippen molar-refractivity contribution in [3.63, 3.8) is 0 Å². The third-order valence-electron chi connectivity index (χ3n) is 4.24. The van der Waals surface area contributed by atoms with Gasteiger partial charge in [-0.2, -0.15) is 0 Å². The fraction of sp³-hybridized carbons (Fsp3) is 0.917. The lowest BCUT2D eigenvalue weighted by molar-refractivity contribution is -0.144. The second-order valence-electron chi connectivity index (χ2n) is 5.42. The number of aliphatic carboxylic acids is 1. The van der Waals surface area contributed by atoms with Gasteiger partial charge in [0.05, 0.1) is 0 Å². The molecule has 0 aromatic heterocycles. The second kappa shape index (κ2) is 4.34. The van der Waals surface area contributed by atoms with Crippen LogP contribution in [0.1, 0.15) is 32.1 Å². The molecule has 0 heterocycles. The van der Waals surface area contributed by atoms with E-state index >= 15 is 0 Å². The first-order valence-corrected chi connectivity index (χ1v) is 6.20. The van der Waals surface area contributed by atoms with Gasteiger partial charge in [0, 0.05) is 12.6 Å². The van der Waals surface area contributed by atoms with Gasteiger partial charge in [0.2, 0.25) is 0 Å². The number of carboxylic acids is 1. The lowest BCUT2D eigenvalue weighted by atomic mass is 9.98. The van der Waals surface area contributed by atoms with E-state index in [1.54, 1.807) is 7.05 Å². The Labute approximate surface area is 97.0 Å². The number of rotatable bonds is 5. The van der Waals surface area contributed by atoms with Crippen molar-refractivity contribution in [2.75, 3.05) is 20.6 Å². The van der Waals surface area contributed by atoms with Crippen LogP contribution in [0.25, 0.3) is 0 Å². The fourth-order valence-electron chi connectivity index (χ4n) is 2.78. The number of nitrogens with zero attached hydrogens (tertiary/aromatic N) is 1. The van der Waals surface area contributed by atoms with Crippen LogP contribution in [0.3, 0.4) is 0 Å². The monoisotopic (exact) mass is 226 g/mol. The van der Waals surface area contributed by atoms with E-state index < -0.39 is 11.5 Å². The van der Waals surface area contributed by atoms with E-state index in [2.05, 4.69) is 17.3 Å². The maximum absolute atomic E-state index is 11.3. The summed E-state index contributed by atoms with van der Waals surface area (Å²) in [6, 6.07) is 0.434. The lowest BCUT2D eigenvalue weighted by Crippen LogP contribution is -2.49. The van der Waals surface area contributed by atoms with E-state index in [0.29, 0.717) is 6.04 Å². The van der Waals surface area contributed by atoms with Crippen molar-refractivity contribution in [1.82, 2.24) is 10.2 Å². The van der Waals surface area contributed by atoms with Gasteiger partial charge in [-0.25, -0.2) is 0 Å². The number of carboxylic acid groups (broad SMARTS) is 1. The summed E-state index contributed by atoms with van der Waals surface area (Å²) >= 11 is 0. The van der Waals surface area contributed by atoms with Crippen LogP contribution in [0.2, 0.25) is 0 Å². The molecule has 0 aromatic rings. The molecule has 0 spiro atoms. The third kappa shape index (κ3) is 2.23. The zero-order valence-electron chi connectivity index (χ0n) is 10.2. The molecule has 2 aliphatic rings. The Kier molecular flexibility index (Phi) is 3.22. The van der Waals surface area contributed by atoms with Crippen LogP contribution < -0.4 is 5.32 Å². The molecular formula is C12H22N2O2. The number of likely N-dealkylation sites (N-methyl/N-ethyl adjacent to an activating group) is 1. The topological polar surface area (TPSA) is 52.6 Å². The van der Waals surface area contributed by atoms with Crippen LogP contribution in [-0.4, -0.2) is 48.2 Å². The van der Waals surface area contributed by atoms with Gasteiger partial charge in [0.25, 0.3) is 0 Å². The molecule has 2 atom stereocenters. The predicted octanol–water partition coefficient (Wildman–Crippen LogP) is 0.923. The summed E-state index contributed by atoms with van der Waals surface area (Å²) in [6.45, 7) is 1.14. The maximum Gasteiger partial charge on any atom is 0.323 e. The second-order valence-corrected chi connectivity index (χ2v) is 5.42. The highest BCUT2D eigenvalue weighted by Crippen LogP contribution is 2.35. The summed E-state index contributed by atoms with van der Waals surface area (Å²) in [5.41, 5.74) is -0.678. The summed E-state index contributed by atoms with van der Waals surface area (Å²) in [5, 5.41) is 12.3. The normalized spacial score (nSPS) is 34.6. The van der Waals surface area contributed by atoms with Crippen molar-refractivity contribution in [2.45, 2.75) is 43.7 Å². The molecule has 2 saturated carbocycles. The molecule has 16 heavy (non-hydrogen) atoms. The van der Waals surface area contributed by atoms with Crippen molar-refractivity contribution >= 4 is 5.97 Å². The number of nitrogens with one attached hydrogen (secondary N) is 1. The Hall–Kier alpha value is -0.610. The Balaban J connectivity index is 1.92. The Morgan fingerprint density at radius 1 is 1.50 bits per heavy atom. The third-order valence-corrected chi connectivity index (χ3v) is 4.24. The van der Waals surface area contributed by atoms with Gasteiger partial charge in [-0.15, -0.1) is 0 Å². The van der Waals surface area contributed by atoms with Gasteiger partial charge in [-0.3, -0.25) is 4.79 Å². The molecule has 0 bridgehead atoms. The van der Waals surface area contributed by atoms with Gasteiger partial charge in [-0.05, 0) is 52.1 Å². The van der Waals surface area contributed by atoms with Crippen molar-refractivity contribution in [1.29, 1.82) is 0 Å². The number of hydrogen-bond acceptors (Lipinski definition) is 3. The SMILES string of the molecule is CNC1(C(=O)O)CCC(N(C)CC2CC2)C1. The predicted molar refractivity (Wildman–Crippen MR) is 62.4 cm³/mol.